The third-order valence-corrected chi connectivity index (χ3v) is 6.03. The van der Waals surface area contributed by atoms with Crippen LogP contribution in [0.4, 0.5) is 5.69 Å². The molecule has 0 radical (unpaired) electrons. The van der Waals surface area contributed by atoms with Crippen molar-refractivity contribution in [1.29, 1.82) is 0 Å². The minimum absolute atomic E-state index is 0.0572. The molecule has 31 heavy (non-hydrogen) atoms. The van der Waals surface area contributed by atoms with E-state index in [-0.39, 0.29) is 17.6 Å². The lowest BCUT2D eigenvalue weighted by atomic mass is 10.0. The Kier molecular flexibility index (Phi) is 5.02. The maximum absolute atomic E-state index is 13.3. The van der Waals surface area contributed by atoms with Crippen molar-refractivity contribution in [1.82, 2.24) is 19.7 Å². The van der Waals surface area contributed by atoms with Gasteiger partial charge in [0.05, 0.1) is 5.69 Å². The van der Waals surface area contributed by atoms with Gasteiger partial charge in [-0.1, -0.05) is 36.4 Å². The van der Waals surface area contributed by atoms with E-state index in [1.54, 1.807) is 16.6 Å². The van der Waals surface area contributed by atoms with Crippen LogP contribution in [-0.2, 0) is 4.79 Å². The van der Waals surface area contributed by atoms with Crippen LogP contribution in [0.3, 0.4) is 0 Å². The van der Waals surface area contributed by atoms with Crippen molar-refractivity contribution in [3.05, 3.63) is 72.3 Å². The number of benzene rings is 2. The molecule has 5 rings (SSSR count). The average Bonchev–Trinajstić information content (AvgIpc) is 3.57. The van der Waals surface area contributed by atoms with Crippen molar-refractivity contribution >= 4 is 17.5 Å². The summed E-state index contributed by atoms with van der Waals surface area (Å²) < 4.78 is 1.78. The van der Waals surface area contributed by atoms with Gasteiger partial charge in [0.25, 0.3) is 5.91 Å². The Morgan fingerprint density at radius 2 is 1.61 bits per heavy atom. The van der Waals surface area contributed by atoms with Crippen molar-refractivity contribution in [2.75, 3.05) is 18.5 Å². The summed E-state index contributed by atoms with van der Waals surface area (Å²) in [7, 11) is 1.68. The number of aromatic nitrogens is 3. The molecule has 2 heterocycles. The SMILES string of the molecule is CN(C(=O)c1nc(C2CC2)n(-c2ccccc2)n1)C1CCCN(c2ccccc2)C1=O. The molecule has 0 spiro atoms. The van der Waals surface area contributed by atoms with Gasteiger partial charge in [-0.25, -0.2) is 9.67 Å². The van der Waals surface area contributed by atoms with Gasteiger partial charge < -0.3 is 9.80 Å². The Morgan fingerprint density at radius 3 is 2.26 bits per heavy atom. The third kappa shape index (κ3) is 3.71. The standard InChI is InChI=1S/C24H25N5O2/c1-27(20-13-8-16-28(23(20)30)18-9-4-2-5-10-18)24(31)21-25-22(17-14-15-17)29(26-21)19-11-6-3-7-12-19/h2-7,9-12,17,20H,8,13-16H2,1H3. The zero-order valence-electron chi connectivity index (χ0n) is 17.5. The molecule has 1 saturated carbocycles. The van der Waals surface area contributed by atoms with Crippen LogP contribution in [0.2, 0.25) is 0 Å². The number of nitrogens with zero attached hydrogens (tertiary/aromatic N) is 5. The number of anilines is 1. The second kappa shape index (κ2) is 7.98. The number of hydrogen-bond donors (Lipinski definition) is 0. The molecular formula is C24H25N5O2. The highest BCUT2D eigenvalue weighted by molar-refractivity contribution is 6.01. The lowest BCUT2D eigenvalue weighted by molar-refractivity contribution is -0.124. The van der Waals surface area contributed by atoms with Crippen LogP contribution in [0.15, 0.2) is 60.7 Å². The number of likely N-dealkylation sites (N-methyl/N-ethyl adjacent to an activating group) is 1. The Hall–Kier alpha value is -3.48. The highest BCUT2D eigenvalue weighted by atomic mass is 16.2. The number of carbonyl (C=O) groups excluding carboxylic acids is 2. The number of hydrogen-bond acceptors (Lipinski definition) is 4. The van der Waals surface area contributed by atoms with E-state index in [1.807, 2.05) is 60.7 Å². The van der Waals surface area contributed by atoms with E-state index in [2.05, 4.69) is 10.1 Å². The molecule has 2 aromatic carbocycles. The fraction of sp³-hybridized carbons (Fsp3) is 0.333. The Balaban J connectivity index is 1.40. The summed E-state index contributed by atoms with van der Waals surface area (Å²) in [6, 6.07) is 18.8. The third-order valence-electron chi connectivity index (χ3n) is 6.03. The lowest BCUT2D eigenvalue weighted by Gasteiger charge is -2.36. The van der Waals surface area contributed by atoms with Crippen LogP contribution in [0, 0.1) is 0 Å². The maximum atomic E-state index is 13.3. The summed E-state index contributed by atoms with van der Waals surface area (Å²) in [5.74, 6) is 0.939. The van der Waals surface area contributed by atoms with E-state index in [4.69, 9.17) is 0 Å². The average molecular weight is 415 g/mol. The molecule has 1 atom stereocenters. The maximum Gasteiger partial charge on any atom is 0.293 e. The number of para-hydroxylation sites is 2. The number of rotatable bonds is 5. The van der Waals surface area contributed by atoms with Crippen LogP contribution in [-0.4, -0.2) is 51.1 Å². The van der Waals surface area contributed by atoms with Crippen molar-refractivity contribution < 1.29 is 9.59 Å². The van der Waals surface area contributed by atoms with Gasteiger partial charge in [0.1, 0.15) is 11.9 Å². The Morgan fingerprint density at radius 1 is 0.968 bits per heavy atom. The van der Waals surface area contributed by atoms with E-state index < -0.39 is 6.04 Å². The number of amides is 2. The molecule has 1 saturated heterocycles. The first-order chi connectivity index (χ1) is 15.1. The molecule has 2 fully saturated rings. The van der Waals surface area contributed by atoms with Crippen LogP contribution < -0.4 is 4.90 Å². The number of carbonyl (C=O) groups is 2. The fourth-order valence-electron chi connectivity index (χ4n) is 4.16. The second-order valence-corrected chi connectivity index (χ2v) is 8.21. The van der Waals surface area contributed by atoms with E-state index >= 15 is 0 Å². The van der Waals surface area contributed by atoms with Gasteiger partial charge in [0.2, 0.25) is 11.7 Å². The molecule has 7 nitrogen and oxygen atoms in total. The van der Waals surface area contributed by atoms with Gasteiger partial charge in [-0.15, -0.1) is 5.10 Å². The first-order valence-corrected chi connectivity index (χ1v) is 10.8. The minimum Gasteiger partial charge on any atom is -0.327 e. The fourth-order valence-corrected chi connectivity index (χ4v) is 4.16. The van der Waals surface area contributed by atoms with E-state index in [9.17, 15) is 9.59 Å². The molecule has 1 aliphatic carbocycles. The summed E-state index contributed by atoms with van der Waals surface area (Å²) in [6.07, 6.45) is 3.59. The predicted molar refractivity (Wildman–Crippen MR) is 117 cm³/mol. The van der Waals surface area contributed by atoms with Gasteiger partial charge in [-0.05, 0) is 49.9 Å². The van der Waals surface area contributed by atoms with Crippen molar-refractivity contribution in [2.45, 2.75) is 37.6 Å². The Labute approximate surface area is 181 Å². The van der Waals surface area contributed by atoms with Crippen LogP contribution in [0.5, 0.6) is 0 Å². The van der Waals surface area contributed by atoms with Gasteiger partial charge in [0.15, 0.2) is 0 Å². The first-order valence-electron chi connectivity index (χ1n) is 10.8. The normalized spacial score (nSPS) is 18.8. The molecule has 0 bridgehead atoms. The quantitative estimate of drug-likeness (QED) is 0.640. The summed E-state index contributed by atoms with van der Waals surface area (Å²) in [5.41, 5.74) is 1.75. The summed E-state index contributed by atoms with van der Waals surface area (Å²) in [6.45, 7) is 0.661. The van der Waals surface area contributed by atoms with Crippen LogP contribution in [0.25, 0.3) is 5.69 Å². The van der Waals surface area contributed by atoms with E-state index in [0.717, 1.165) is 36.5 Å². The molecular weight excluding hydrogens is 390 g/mol. The summed E-state index contributed by atoms with van der Waals surface area (Å²) in [4.78, 5) is 34.4. The molecule has 7 heteroatoms. The lowest BCUT2D eigenvalue weighted by Crippen LogP contribution is -2.53. The van der Waals surface area contributed by atoms with E-state index in [1.165, 1.54) is 4.90 Å². The van der Waals surface area contributed by atoms with E-state index in [0.29, 0.717) is 18.9 Å². The predicted octanol–water partition coefficient (Wildman–Crippen LogP) is 3.41. The Bertz CT molecular complexity index is 1090. The van der Waals surface area contributed by atoms with Crippen molar-refractivity contribution in [3.63, 3.8) is 0 Å². The van der Waals surface area contributed by atoms with Crippen LogP contribution in [0.1, 0.15) is 48.0 Å². The van der Waals surface area contributed by atoms with Crippen LogP contribution >= 0.6 is 0 Å². The van der Waals surface area contributed by atoms with Crippen molar-refractivity contribution in [3.8, 4) is 5.69 Å². The van der Waals surface area contributed by atoms with Gasteiger partial charge in [-0.2, -0.15) is 0 Å². The first kappa shape index (κ1) is 19.5. The smallest absolute Gasteiger partial charge is 0.293 e. The highest BCUT2D eigenvalue weighted by Crippen LogP contribution is 2.39. The topological polar surface area (TPSA) is 71.3 Å². The molecule has 2 aliphatic rings. The van der Waals surface area contributed by atoms with Gasteiger partial charge in [0, 0.05) is 25.2 Å². The van der Waals surface area contributed by atoms with Gasteiger partial charge >= 0.3 is 0 Å². The highest BCUT2D eigenvalue weighted by Gasteiger charge is 2.37. The summed E-state index contributed by atoms with van der Waals surface area (Å²) in [5, 5.41) is 4.55. The molecule has 158 valence electrons. The minimum atomic E-state index is -0.519. The second-order valence-electron chi connectivity index (χ2n) is 8.21. The molecule has 3 aromatic rings. The molecule has 1 unspecified atom stereocenters. The monoisotopic (exact) mass is 415 g/mol. The zero-order valence-corrected chi connectivity index (χ0v) is 17.5. The molecule has 0 N–H and O–H groups in total. The summed E-state index contributed by atoms with van der Waals surface area (Å²) >= 11 is 0. The molecule has 1 aromatic heterocycles. The molecule has 2 amide bonds. The zero-order chi connectivity index (χ0) is 21.4. The number of piperidine rings is 1. The van der Waals surface area contributed by atoms with Crippen molar-refractivity contribution in [2.24, 2.45) is 0 Å². The largest absolute Gasteiger partial charge is 0.327 e. The van der Waals surface area contributed by atoms with Gasteiger partial charge in [-0.3, -0.25) is 9.59 Å². The molecule has 1 aliphatic heterocycles.